The quantitative estimate of drug-likeness (QED) is 0.504. The number of aromatic nitrogens is 1. The number of carbonyl (C=O) groups is 1. The highest BCUT2D eigenvalue weighted by Crippen LogP contribution is 2.34. The molecule has 6 nitrogen and oxygen atoms in total. The standard InChI is InChI=1S/C24H26FN3O3S/c1-30-14-11-28(23(29)19-9-5-6-10-21(19)25)17-20-22(18-7-3-2-4-8-18)26-31-24(20)27-12-15-32-16-13-27/h2-10H,11-17H2,1H3. The minimum Gasteiger partial charge on any atom is -0.383 e. The van der Waals surface area contributed by atoms with Crippen LogP contribution in [0.15, 0.2) is 59.1 Å². The zero-order valence-electron chi connectivity index (χ0n) is 18.0. The number of halogens is 1. The average molecular weight is 456 g/mol. The van der Waals surface area contributed by atoms with Crippen molar-refractivity contribution in [2.75, 3.05) is 49.8 Å². The summed E-state index contributed by atoms with van der Waals surface area (Å²) in [5.41, 5.74) is 2.47. The molecule has 8 heteroatoms. The van der Waals surface area contributed by atoms with Gasteiger partial charge in [-0.05, 0) is 12.1 Å². The summed E-state index contributed by atoms with van der Waals surface area (Å²) in [7, 11) is 1.58. The van der Waals surface area contributed by atoms with Crippen molar-refractivity contribution >= 4 is 23.6 Å². The van der Waals surface area contributed by atoms with E-state index in [1.54, 1.807) is 24.1 Å². The number of amides is 1. The molecule has 2 aromatic carbocycles. The summed E-state index contributed by atoms with van der Waals surface area (Å²) in [5.74, 6) is 1.75. The lowest BCUT2D eigenvalue weighted by Gasteiger charge is -2.28. The molecule has 1 amide bonds. The van der Waals surface area contributed by atoms with Crippen LogP contribution in [0.25, 0.3) is 11.3 Å². The van der Waals surface area contributed by atoms with Gasteiger partial charge in [-0.3, -0.25) is 4.79 Å². The van der Waals surface area contributed by atoms with Gasteiger partial charge in [0.05, 0.1) is 24.3 Å². The van der Waals surface area contributed by atoms with Crippen molar-refractivity contribution in [2.45, 2.75) is 6.54 Å². The zero-order valence-corrected chi connectivity index (χ0v) is 18.8. The van der Waals surface area contributed by atoms with Crippen molar-refractivity contribution in [3.8, 4) is 11.3 Å². The van der Waals surface area contributed by atoms with Crippen LogP contribution in [-0.4, -0.2) is 60.8 Å². The van der Waals surface area contributed by atoms with E-state index in [1.807, 2.05) is 42.1 Å². The molecule has 168 valence electrons. The maximum Gasteiger partial charge on any atom is 0.257 e. The molecule has 1 fully saturated rings. The number of ether oxygens (including phenoxy) is 1. The zero-order chi connectivity index (χ0) is 22.3. The number of hydrogen-bond donors (Lipinski definition) is 0. The summed E-state index contributed by atoms with van der Waals surface area (Å²) in [6, 6.07) is 15.8. The fourth-order valence-corrected chi connectivity index (χ4v) is 4.63. The van der Waals surface area contributed by atoms with Crippen molar-refractivity contribution in [1.29, 1.82) is 0 Å². The highest BCUT2D eigenvalue weighted by atomic mass is 32.2. The second-order valence-electron chi connectivity index (χ2n) is 7.48. The molecule has 2 heterocycles. The molecule has 0 saturated carbocycles. The molecule has 3 aromatic rings. The SMILES string of the molecule is COCCN(Cc1c(-c2ccccc2)noc1N1CCSCC1)C(=O)c1ccccc1F. The third-order valence-corrected chi connectivity index (χ3v) is 6.36. The fourth-order valence-electron chi connectivity index (χ4n) is 3.73. The maximum absolute atomic E-state index is 14.4. The Morgan fingerprint density at radius 1 is 1.16 bits per heavy atom. The molecule has 0 unspecified atom stereocenters. The van der Waals surface area contributed by atoms with Crippen LogP contribution in [0, 0.1) is 5.82 Å². The summed E-state index contributed by atoms with van der Waals surface area (Å²) in [6.45, 7) is 2.59. The fraction of sp³-hybridized carbons (Fsp3) is 0.333. The molecule has 1 aliphatic rings. The van der Waals surface area contributed by atoms with Gasteiger partial charge in [-0.25, -0.2) is 4.39 Å². The van der Waals surface area contributed by atoms with Crippen LogP contribution in [0.1, 0.15) is 15.9 Å². The van der Waals surface area contributed by atoms with E-state index in [1.165, 1.54) is 12.1 Å². The lowest BCUT2D eigenvalue weighted by Crippen LogP contribution is -2.36. The van der Waals surface area contributed by atoms with E-state index in [4.69, 9.17) is 9.26 Å². The van der Waals surface area contributed by atoms with E-state index in [-0.39, 0.29) is 18.0 Å². The Balaban J connectivity index is 1.72. The van der Waals surface area contributed by atoms with Gasteiger partial charge < -0.3 is 19.1 Å². The van der Waals surface area contributed by atoms with Gasteiger partial charge in [-0.2, -0.15) is 11.8 Å². The van der Waals surface area contributed by atoms with Gasteiger partial charge in [0.15, 0.2) is 0 Å². The van der Waals surface area contributed by atoms with Crippen molar-refractivity contribution in [1.82, 2.24) is 10.1 Å². The Labute approximate surface area is 191 Å². The van der Waals surface area contributed by atoms with Crippen molar-refractivity contribution < 1.29 is 18.4 Å². The van der Waals surface area contributed by atoms with Crippen LogP contribution in [0.3, 0.4) is 0 Å². The first-order valence-corrected chi connectivity index (χ1v) is 11.7. The van der Waals surface area contributed by atoms with E-state index < -0.39 is 5.82 Å². The molecule has 0 aliphatic carbocycles. The second kappa shape index (κ2) is 10.7. The topological polar surface area (TPSA) is 58.8 Å². The van der Waals surface area contributed by atoms with E-state index in [0.29, 0.717) is 24.7 Å². The van der Waals surface area contributed by atoms with E-state index in [0.717, 1.165) is 35.7 Å². The van der Waals surface area contributed by atoms with E-state index in [2.05, 4.69) is 10.1 Å². The van der Waals surface area contributed by atoms with E-state index in [9.17, 15) is 9.18 Å². The van der Waals surface area contributed by atoms with Gasteiger partial charge in [-0.1, -0.05) is 47.6 Å². The number of anilines is 1. The lowest BCUT2D eigenvalue weighted by molar-refractivity contribution is 0.0676. The van der Waals surface area contributed by atoms with Gasteiger partial charge in [0.1, 0.15) is 11.5 Å². The summed E-state index contributed by atoms with van der Waals surface area (Å²) in [6.07, 6.45) is 0. The first kappa shape index (κ1) is 22.4. The predicted octanol–water partition coefficient (Wildman–Crippen LogP) is 4.32. The molecule has 1 saturated heterocycles. The highest BCUT2D eigenvalue weighted by molar-refractivity contribution is 7.99. The second-order valence-corrected chi connectivity index (χ2v) is 8.70. The van der Waals surface area contributed by atoms with Crippen molar-refractivity contribution in [2.24, 2.45) is 0 Å². The minimum absolute atomic E-state index is 0.0391. The van der Waals surface area contributed by atoms with Crippen LogP contribution in [0.2, 0.25) is 0 Å². The molecule has 0 N–H and O–H groups in total. The monoisotopic (exact) mass is 455 g/mol. The predicted molar refractivity (Wildman–Crippen MR) is 124 cm³/mol. The molecule has 0 atom stereocenters. The van der Waals surface area contributed by atoms with Crippen LogP contribution in [0.4, 0.5) is 10.3 Å². The number of thioether (sulfide) groups is 1. The highest BCUT2D eigenvalue weighted by Gasteiger charge is 2.28. The molecule has 0 spiro atoms. The minimum atomic E-state index is -0.540. The van der Waals surface area contributed by atoms with Gasteiger partial charge in [0, 0.05) is 43.8 Å². The smallest absolute Gasteiger partial charge is 0.257 e. The Bertz CT molecular complexity index is 1040. The molecule has 4 rings (SSSR count). The first-order chi connectivity index (χ1) is 15.7. The van der Waals surface area contributed by atoms with E-state index >= 15 is 0 Å². The van der Waals surface area contributed by atoms with Gasteiger partial charge in [0.25, 0.3) is 5.91 Å². The number of methoxy groups -OCH3 is 1. The summed E-state index contributed by atoms with van der Waals surface area (Å²) < 4.78 is 25.5. The Kier molecular flexibility index (Phi) is 7.44. The van der Waals surface area contributed by atoms with Crippen LogP contribution in [0.5, 0.6) is 0 Å². The number of nitrogens with zero attached hydrogens (tertiary/aromatic N) is 3. The molecule has 0 bridgehead atoms. The lowest BCUT2D eigenvalue weighted by atomic mass is 10.1. The average Bonchev–Trinajstić information content (AvgIpc) is 3.26. The molecule has 32 heavy (non-hydrogen) atoms. The maximum atomic E-state index is 14.4. The molecular weight excluding hydrogens is 429 g/mol. The summed E-state index contributed by atoms with van der Waals surface area (Å²) in [4.78, 5) is 17.1. The van der Waals surface area contributed by atoms with Crippen LogP contribution in [-0.2, 0) is 11.3 Å². The van der Waals surface area contributed by atoms with Crippen molar-refractivity contribution in [3.05, 3.63) is 71.5 Å². The van der Waals surface area contributed by atoms with Gasteiger partial charge >= 0.3 is 0 Å². The normalized spacial score (nSPS) is 13.9. The Morgan fingerprint density at radius 3 is 2.59 bits per heavy atom. The van der Waals surface area contributed by atoms with Crippen LogP contribution < -0.4 is 4.90 Å². The third-order valence-electron chi connectivity index (χ3n) is 5.42. The molecule has 1 aromatic heterocycles. The number of rotatable bonds is 8. The number of benzene rings is 2. The Morgan fingerprint density at radius 2 is 1.88 bits per heavy atom. The first-order valence-electron chi connectivity index (χ1n) is 10.6. The van der Waals surface area contributed by atoms with Crippen LogP contribution >= 0.6 is 11.8 Å². The summed E-state index contributed by atoms with van der Waals surface area (Å²) >= 11 is 1.90. The largest absolute Gasteiger partial charge is 0.383 e. The number of carbonyl (C=O) groups excluding carboxylic acids is 1. The van der Waals surface area contributed by atoms with Gasteiger partial charge in [-0.15, -0.1) is 0 Å². The van der Waals surface area contributed by atoms with Crippen molar-refractivity contribution in [3.63, 3.8) is 0 Å². The number of hydrogen-bond acceptors (Lipinski definition) is 6. The van der Waals surface area contributed by atoms with Gasteiger partial charge in [0.2, 0.25) is 5.88 Å². The third kappa shape index (κ3) is 4.97. The summed E-state index contributed by atoms with van der Waals surface area (Å²) in [5, 5.41) is 4.38. The molecular formula is C24H26FN3O3S. The Hall–Kier alpha value is -2.84. The molecule has 0 radical (unpaired) electrons. The molecule has 1 aliphatic heterocycles.